The average Bonchev–Trinajstić information content (AvgIpc) is 2.64. The summed E-state index contributed by atoms with van der Waals surface area (Å²) in [6.45, 7) is 4.54. The van der Waals surface area contributed by atoms with Crippen molar-refractivity contribution >= 4 is 5.97 Å². The number of carbonyl (C=O) groups is 1. The smallest absolute Gasteiger partial charge is 0.309 e. The van der Waals surface area contributed by atoms with Crippen molar-refractivity contribution in [2.24, 2.45) is 17.8 Å². The van der Waals surface area contributed by atoms with Crippen LogP contribution in [0.3, 0.4) is 0 Å². The van der Waals surface area contributed by atoms with Crippen molar-refractivity contribution in [2.75, 3.05) is 0 Å². The second-order valence-corrected chi connectivity index (χ2v) is 8.79. The zero-order valence-electron chi connectivity index (χ0n) is 16.9. The highest BCUT2D eigenvalue weighted by atomic mass is 16.5. The molecule has 0 aromatic carbocycles. The number of rotatable bonds is 10. The molecule has 0 unspecified atom stereocenters. The van der Waals surface area contributed by atoms with Gasteiger partial charge in [-0.1, -0.05) is 65.2 Å². The van der Waals surface area contributed by atoms with Crippen molar-refractivity contribution in [1.82, 2.24) is 0 Å². The van der Waals surface area contributed by atoms with E-state index in [0.29, 0.717) is 0 Å². The summed E-state index contributed by atoms with van der Waals surface area (Å²) < 4.78 is 5.90. The van der Waals surface area contributed by atoms with E-state index in [4.69, 9.17) is 4.74 Å². The predicted molar refractivity (Wildman–Crippen MR) is 106 cm³/mol. The fraction of sp³-hybridized carbons (Fsp3) is 0.957. The van der Waals surface area contributed by atoms with E-state index in [1.54, 1.807) is 0 Å². The van der Waals surface area contributed by atoms with Crippen molar-refractivity contribution in [3.63, 3.8) is 0 Å². The highest BCUT2D eigenvalue weighted by Crippen LogP contribution is 2.34. The van der Waals surface area contributed by atoms with Crippen LogP contribution in [0.2, 0.25) is 0 Å². The quantitative estimate of drug-likeness (QED) is 0.311. The summed E-state index contributed by atoms with van der Waals surface area (Å²) >= 11 is 0. The third kappa shape index (κ3) is 7.71. The summed E-state index contributed by atoms with van der Waals surface area (Å²) in [5.74, 6) is 2.08. The van der Waals surface area contributed by atoms with Crippen LogP contribution in [0.15, 0.2) is 0 Å². The summed E-state index contributed by atoms with van der Waals surface area (Å²) in [4.78, 5) is 12.5. The third-order valence-corrected chi connectivity index (χ3v) is 6.69. The lowest BCUT2D eigenvalue weighted by atomic mass is 9.79. The normalized spacial score (nSPS) is 30.2. The molecule has 0 heterocycles. The molecular formula is C23H42O2. The lowest BCUT2D eigenvalue weighted by Crippen LogP contribution is -2.30. The molecule has 25 heavy (non-hydrogen) atoms. The average molecular weight is 351 g/mol. The molecule has 0 bridgehead atoms. The van der Waals surface area contributed by atoms with Gasteiger partial charge in [0.25, 0.3) is 0 Å². The maximum absolute atomic E-state index is 12.5. The first-order valence-corrected chi connectivity index (χ1v) is 11.4. The van der Waals surface area contributed by atoms with Crippen molar-refractivity contribution in [3.8, 4) is 0 Å². The number of hydrogen-bond acceptors (Lipinski definition) is 2. The Kier molecular flexibility index (Phi) is 9.94. The van der Waals surface area contributed by atoms with Gasteiger partial charge in [0.15, 0.2) is 0 Å². The number of unbranched alkanes of at least 4 members (excludes halogenated alkanes) is 4. The van der Waals surface area contributed by atoms with E-state index in [9.17, 15) is 4.79 Å². The number of ether oxygens (including phenoxy) is 1. The van der Waals surface area contributed by atoms with Gasteiger partial charge >= 0.3 is 5.97 Å². The summed E-state index contributed by atoms with van der Waals surface area (Å²) in [6, 6.07) is 0. The maximum atomic E-state index is 12.5. The Morgan fingerprint density at radius 1 is 0.720 bits per heavy atom. The van der Waals surface area contributed by atoms with Gasteiger partial charge in [0.2, 0.25) is 0 Å². The molecule has 2 saturated carbocycles. The zero-order valence-corrected chi connectivity index (χ0v) is 16.9. The zero-order chi connectivity index (χ0) is 17.9. The van der Waals surface area contributed by atoms with Gasteiger partial charge in [-0.15, -0.1) is 0 Å². The van der Waals surface area contributed by atoms with Crippen LogP contribution in [0.25, 0.3) is 0 Å². The Hall–Kier alpha value is -0.530. The van der Waals surface area contributed by atoms with E-state index in [-0.39, 0.29) is 18.0 Å². The van der Waals surface area contributed by atoms with Crippen LogP contribution >= 0.6 is 0 Å². The summed E-state index contributed by atoms with van der Waals surface area (Å²) in [5, 5.41) is 0. The molecule has 0 amide bonds. The fourth-order valence-electron chi connectivity index (χ4n) is 4.85. The molecule has 2 aliphatic carbocycles. The molecule has 146 valence electrons. The first kappa shape index (κ1) is 20.8. The van der Waals surface area contributed by atoms with Gasteiger partial charge in [-0.2, -0.15) is 0 Å². The van der Waals surface area contributed by atoms with Crippen LogP contribution in [0, 0.1) is 17.8 Å². The van der Waals surface area contributed by atoms with Gasteiger partial charge in [0.1, 0.15) is 6.10 Å². The van der Waals surface area contributed by atoms with E-state index in [2.05, 4.69) is 13.8 Å². The SMILES string of the molecule is CCCCCC1CCC(OC(=O)C2CCC(CCCCC)CC2)CC1. The van der Waals surface area contributed by atoms with E-state index in [1.165, 1.54) is 77.0 Å². The minimum Gasteiger partial charge on any atom is -0.462 e. The summed E-state index contributed by atoms with van der Waals surface area (Å²) in [7, 11) is 0. The van der Waals surface area contributed by atoms with Crippen molar-refractivity contribution in [3.05, 3.63) is 0 Å². The second kappa shape index (κ2) is 12.0. The first-order valence-electron chi connectivity index (χ1n) is 11.4. The van der Waals surface area contributed by atoms with Crippen LogP contribution in [-0.4, -0.2) is 12.1 Å². The molecule has 2 rings (SSSR count). The van der Waals surface area contributed by atoms with Crippen LogP contribution in [0.4, 0.5) is 0 Å². The Morgan fingerprint density at radius 2 is 1.20 bits per heavy atom. The molecule has 0 N–H and O–H groups in total. The number of hydrogen-bond donors (Lipinski definition) is 0. The molecule has 0 radical (unpaired) electrons. The predicted octanol–water partition coefficient (Wildman–Crippen LogP) is 7.06. The molecule has 2 aliphatic rings. The largest absolute Gasteiger partial charge is 0.462 e. The molecular weight excluding hydrogens is 308 g/mol. The molecule has 2 heteroatoms. The monoisotopic (exact) mass is 350 g/mol. The van der Waals surface area contributed by atoms with E-state index in [1.807, 2.05) is 0 Å². The van der Waals surface area contributed by atoms with Crippen LogP contribution in [0.5, 0.6) is 0 Å². The topological polar surface area (TPSA) is 26.3 Å². The fourth-order valence-corrected chi connectivity index (χ4v) is 4.85. The van der Waals surface area contributed by atoms with Crippen LogP contribution < -0.4 is 0 Å². The standard InChI is InChI=1S/C23H42O2/c1-3-5-7-9-19-11-15-21(16-12-19)23(24)25-22-17-13-20(14-18-22)10-8-6-4-2/h19-22H,3-18H2,1-2H3. The van der Waals surface area contributed by atoms with Gasteiger partial charge in [-0.25, -0.2) is 0 Å². The molecule has 0 aromatic heterocycles. The highest BCUT2D eigenvalue weighted by molar-refractivity contribution is 5.72. The minimum atomic E-state index is 0.126. The number of carbonyl (C=O) groups excluding carboxylic acids is 1. The van der Waals surface area contributed by atoms with Crippen molar-refractivity contribution in [1.29, 1.82) is 0 Å². The van der Waals surface area contributed by atoms with Gasteiger partial charge < -0.3 is 4.74 Å². The van der Waals surface area contributed by atoms with Gasteiger partial charge in [0.05, 0.1) is 5.92 Å². The Bertz CT molecular complexity index is 349. The Labute approximate surface area is 156 Å². The van der Waals surface area contributed by atoms with Crippen LogP contribution in [-0.2, 0) is 9.53 Å². The lowest BCUT2D eigenvalue weighted by molar-refractivity contribution is -0.157. The highest BCUT2D eigenvalue weighted by Gasteiger charge is 2.30. The molecule has 0 spiro atoms. The van der Waals surface area contributed by atoms with Crippen molar-refractivity contribution < 1.29 is 9.53 Å². The third-order valence-electron chi connectivity index (χ3n) is 6.69. The number of esters is 1. The van der Waals surface area contributed by atoms with Gasteiger partial charge in [-0.05, 0) is 63.2 Å². The van der Waals surface area contributed by atoms with Crippen LogP contribution in [0.1, 0.15) is 117 Å². The van der Waals surface area contributed by atoms with Gasteiger partial charge in [0, 0.05) is 0 Å². The van der Waals surface area contributed by atoms with Crippen molar-refractivity contribution in [2.45, 2.75) is 123 Å². The lowest BCUT2D eigenvalue weighted by Gasteiger charge is -2.31. The molecule has 0 atom stereocenters. The van der Waals surface area contributed by atoms with Gasteiger partial charge in [-0.3, -0.25) is 4.79 Å². The van der Waals surface area contributed by atoms with E-state index >= 15 is 0 Å². The molecule has 0 saturated heterocycles. The maximum Gasteiger partial charge on any atom is 0.309 e. The molecule has 2 fully saturated rings. The summed E-state index contributed by atoms with van der Waals surface area (Å²) in [6.07, 6.45) is 20.5. The first-order chi connectivity index (χ1) is 12.2. The molecule has 0 aromatic rings. The molecule has 0 aliphatic heterocycles. The summed E-state index contributed by atoms with van der Waals surface area (Å²) in [5.41, 5.74) is 0. The minimum absolute atomic E-state index is 0.126. The van der Waals surface area contributed by atoms with E-state index in [0.717, 1.165) is 37.5 Å². The molecule has 2 nitrogen and oxygen atoms in total. The van der Waals surface area contributed by atoms with E-state index < -0.39 is 0 Å². The Balaban J connectivity index is 1.58. The Morgan fingerprint density at radius 3 is 1.68 bits per heavy atom. The second-order valence-electron chi connectivity index (χ2n) is 8.79.